The van der Waals surface area contributed by atoms with Crippen LogP contribution in [0.5, 0.6) is 0 Å². The average molecular weight is 449 g/mol. The minimum atomic E-state index is -0.0129. The number of halogens is 1. The molecule has 0 amide bonds. The topological polar surface area (TPSA) is 9.23 Å². The van der Waals surface area contributed by atoms with Crippen molar-refractivity contribution in [1.29, 1.82) is 0 Å². The zero-order valence-electron chi connectivity index (χ0n) is 21.1. The van der Waals surface area contributed by atoms with E-state index in [4.69, 9.17) is 11.6 Å². The molecule has 0 unspecified atom stereocenters. The lowest BCUT2D eigenvalue weighted by Gasteiger charge is -2.21. The monoisotopic (exact) mass is 448 g/mol. The maximum atomic E-state index is 6.15. The van der Waals surface area contributed by atoms with Crippen molar-refractivity contribution in [3.8, 4) is 23.0 Å². The van der Waals surface area contributed by atoms with Crippen molar-refractivity contribution in [2.75, 3.05) is 14.2 Å². The summed E-state index contributed by atoms with van der Waals surface area (Å²) in [5, 5.41) is 0.799. The van der Waals surface area contributed by atoms with Crippen molar-refractivity contribution in [3.05, 3.63) is 93.5 Å². The molecule has 0 saturated heterocycles. The Morgan fingerprint density at radius 2 is 1.25 bits per heavy atom. The third-order valence-corrected chi connectivity index (χ3v) is 5.57. The summed E-state index contributed by atoms with van der Waals surface area (Å²) in [6, 6.07) is 21.0. The second-order valence-electron chi connectivity index (χ2n) is 7.94. The zero-order valence-corrected chi connectivity index (χ0v) is 21.8. The van der Waals surface area contributed by atoms with E-state index in [1.165, 1.54) is 33.4 Å². The van der Waals surface area contributed by atoms with Gasteiger partial charge in [-0.1, -0.05) is 81.6 Å². The van der Waals surface area contributed by atoms with Crippen molar-refractivity contribution in [2.45, 2.75) is 53.9 Å². The molecule has 1 nitrogen and oxygen atoms in total. The first kappa shape index (κ1) is 27.5. The molecule has 3 aromatic rings. The number of hydrogen-bond donors (Lipinski definition) is 0. The molecule has 0 bridgehead atoms. The highest BCUT2D eigenvalue weighted by atomic mass is 35.5. The van der Waals surface area contributed by atoms with E-state index in [1.54, 1.807) is 14.2 Å². The molecule has 3 aromatic carbocycles. The van der Waals surface area contributed by atoms with Crippen LogP contribution in [0.25, 0.3) is 11.1 Å². The highest BCUT2D eigenvalue weighted by Gasteiger charge is 2.35. The van der Waals surface area contributed by atoms with Crippen LogP contribution >= 0.6 is 11.6 Å². The normalized spacial score (nSPS) is 11.6. The first-order chi connectivity index (χ1) is 15.3. The average Bonchev–Trinajstić information content (AvgIpc) is 2.99. The summed E-state index contributed by atoms with van der Waals surface area (Å²) in [6.07, 6.45) is 0. The molecule has 2 heteroatoms. The fourth-order valence-electron chi connectivity index (χ4n) is 3.59. The van der Waals surface area contributed by atoms with E-state index in [2.05, 4.69) is 98.9 Å². The molecule has 0 fully saturated rings. The highest BCUT2D eigenvalue weighted by molar-refractivity contribution is 6.30. The van der Waals surface area contributed by atoms with Crippen molar-refractivity contribution >= 4 is 11.6 Å². The maximum absolute atomic E-state index is 6.15. The zero-order chi connectivity index (χ0) is 24.3. The van der Waals surface area contributed by atoms with Crippen LogP contribution in [-0.4, -0.2) is 14.2 Å². The quantitative estimate of drug-likeness (QED) is 0.313. The van der Waals surface area contributed by atoms with Crippen LogP contribution < -0.4 is 0 Å². The van der Waals surface area contributed by atoms with Crippen molar-refractivity contribution in [2.24, 2.45) is 0 Å². The van der Waals surface area contributed by atoms with Gasteiger partial charge in [-0.25, -0.2) is 0 Å². The Labute approximate surface area is 200 Å². The number of ether oxygens (including phenoxy) is 1. The Balaban J connectivity index is 0.000000328. The SMILES string of the molecule is CC.CC#Cc1ccc2c(c1)C(C)(C)c1cc(Cl)ccc1-2.COC.Cc1ccccc1C. The lowest BCUT2D eigenvalue weighted by atomic mass is 9.82. The van der Waals surface area contributed by atoms with Crippen LogP contribution in [0.15, 0.2) is 60.7 Å². The lowest BCUT2D eigenvalue weighted by Crippen LogP contribution is -2.15. The van der Waals surface area contributed by atoms with Crippen LogP contribution in [0.2, 0.25) is 5.02 Å². The van der Waals surface area contributed by atoms with Gasteiger partial charge in [0.2, 0.25) is 0 Å². The minimum absolute atomic E-state index is 0.0129. The number of aryl methyl sites for hydroxylation is 2. The number of benzene rings is 3. The molecule has 0 atom stereocenters. The van der Waals surface area contributed by atoms with E-state index in [1.807, 2.05) is 26.8 Å². The van der Waals surface area contributed by atoms with Crippen LogP contribution in [0, 0.1) is 25.7 Å². The summed E-state index contributed by atoms with van der Waals surface area (Å²) >= 11 is 6.15. The third kappa shape index (κ3) is 6.73. The lowest BCUT2D eigenvalue weighted by molar-refractivity contribution is 0.277. The fourth-order valence-corrected chi connectivity index (χ4v) is 3.77. The van der Waals surface area contributed by atoms with Crippen molar-refractivity contribution in [3.63, 3.8) is 0 Å². The van der Waals surface area contributed by atoms with Gasteiger partial charge >= 0.3 is 0 Å². The Bertz CT molecular complexity index is 1050. The largest absolute Gasteiger partial charge is 0.388 e. The van der Waals surface area contributed by atoms with Crippen LogP contribution in [-0.2, 0) is 10.2 Å². The van der Waals surface area contributed by atoms with Gasteiger partial charge in [-0.15, -0.1) is 5.92 Å². The van der Waals surface area contributed by atoms with Gasteiger partial charge in [-0.3, -0.25) is 0 Å². The van der Waals surface area contributed by atoms with Gasteiger partial charge in [0.05, 0.1) is 0 Å². The molecule has 0 N–H and O–H groups in total. The molecule has 0 aromatic heterocycles. The summed E-state index contributed by atoms with van der Waals surface area (Å²) in [6.45, 7) is 14.6. The predicted molar refractivity (Wildman–Crippen MR) is 142 cm³/mol. The standard InChI is InChI=1S/C18H15Cl.C8H10.C2H6O.C2H6/c1-4-5-12-6-8-14-15-9-7-13(19)11-17(15)18(2,3)16(14)10-12;1-7-5-3-4-6-8(7)2;1-3-2;1-2/h6-11H,1-3H3;3-6H,1-2H3;1-2H3;1-2H3. The molecule has 170 valence electrons. The number of hydrogen-bond acceptors (Lipinski definition) is 1. The molecular weight excluding hydrogens is 412 g/mol. The predicted octanol–water partition coefficient (Wildman–Crippen LogP) is 8.61. The molecule has 0 radical (unpaired) electrons. The number of rotatable bonds is 0. The molecule has 0 saturated carbocycles. The van der Waals surface area contributed by atoms with E-state index in [0.717, 1.165) is 10.6 Å². The number of methoxy groups -OCH3 is 1. The van der Waals surface area contributed by atoms with Gasteiger partial charge in [-0.2, -0.15) is 0 Å². The maximum Gasteiger partial charge on any atom is 0.0409 e. The van der Waals surface area contributed by atoms with E-state index < -0.39 is 0 Å². The first-order valence-corrected chi connectivity index (χ1v) is 11.4. The van der Waals surface area contributed by atoms with Gasteiger partial charge < -0.3 is 4.74 Å². The Kier molecular flexibility index (Phi) is 11.3. The summed E-state index contributed by atoms with van der Waals surface area (Å²) < 4.78 is 4.25. The summed E-state index contributed by atoms with van der Waals surface area (Å²) in [4.78, 5) is 0. The molecule has 0 aliphatic heterocycles. The molecule has 32 heavy (non-hydrogen) atoms. The molecule has 1 aliphatic carbocycles. The first-order valence-electron chi connectivity index (χ1n) is 11.1. The fraction of sp³-hybridized carbons (Fsp3) is 0.333. The number of fused-ring (bicyclic) bond motifs is 3. The van der Waals surface area contributed by atoms with E-state index in [0.29, 0.717) is 0 Å². The second kappa shape index (κ2) is 13.1. The van der Waals surface area contributed by atoms with Gasteiger partial charge in [0.1, 0.15) is 0 Å². The van der Waals surface area contributed by atoms with Gasteiger partial charge in [0.15, 0.2) is 0 Å². The van der Waals surface area contributed by atoms with Crippen LogP contribution in [0.4, 0.5) is 0 Å². The summed E-state index contributed by atoms with van der Waals surface area (Å²) in [7, 11) is 3.25. The second-order valence-corrected chi connectivity index (χ2v) is 8.38. The molecule has 0 spiro atoms. The molecule has 0 heterocycles. The van der Waals surface area contributed by atoms with E-state index in [-0.39, 0.29) is 5.41 Å². The van der Waals surface area contributed by atoms with E-state index in [9.17, 15) is 0 Å². The van der Waals surface area contributed by atoms with Crippen molar-refractivity contribution < 1.29 is 4.74 Å². The molecule has 1 aliphatic rings. The minimum Gasteiger partial charge on any atom is -0.388 e. The third-order valence-electron chi connectivity index (χ3n) is 5.33. The Hall–Kier alpha value is -2.53. The Morgan fingerprint density at radius 1 is 0.781 bits per heavy atom. The Morgan fingerprint density at radius 3 is 1.72 bits per heavy atom. The highest BCUT2D eigenvalue weighted by Crippen LogP contribution is 2.49. The van der Waals surface area contributed by atoms with Crippen LogP contribution in [0.1, 0.15) is 62.4 Å². The summed E-state index contributed by atoms with van der Waals surface area (Å²) in [5.74, 6) is 6.10. The molecular formula is C30H37ClO. The van der Waals surface area contributed by atoms with Gasteiger partial charge in [-0.05, 0) is 78.4 Å². The smallest absolute Gasteiger partial charge is 0.0409 e. The summed E-state index contributed by atoms with van der Waals surface area (Å²) in [5.41, 5.74) is 9.04. The van der Waals surface area contributed by atoms with E-state index >= 15 is 0 Å². The van der Waals surface area contributed by atoms with Gasteiger partial charge in [0.25, 0.3) is 0 Å². The van der Waals surface area contributed by atoms with Gasteiger partial charge in [0, 0.05) is 30.2 Å². The van der Waals surface area contributed by atoms with Crippen LogP contribution in [0.3, 0.4) is 0 Å². The van der Waals surface area contributed by atoms with Crippen molar-refractivity contribution in [1.82, 2.24) is 0 Å². The molecule has 4 rings (SSSR count).